The molecule has 228 valence electrons. The summed E-state index contributed by atoms with van der Waals surface area (Å²) < 4.78 is 28.7. The van der Waals surface area contributed by atoms with Crippen molar-refractivity contribution in [3.05, 3.63) is 64.3 Å². The Morgan fingerprint density at radius 1 is 1.00 bits per heavy atom. The van der Waals surface area contributed by atoms with E-state index in [0.29, 0.717) is 41.2 Å². The number of likely N-dealkylation sites (tertiary alicyclic amines) is 2. The molecule has 3 aromatic rings. The van der Waals surface area contributed by atoms with Gasteiger partial charge in [0.05, 0.1) is 11.2 Å². The van der Waals surface area contributed by atoms with E-state index in [-0.39, 0.29) is 17.7 Å². The smallest absolute Gasteiger partial charge is 0.270 e. The largest absolute Gasteiger partial charge is 0.370 e. The van der Waals surface area contributed by atoms with Gasteiger partial charge in [0.25, 0.3) is 5.91 Å². The molecule has 0 spiro atoms. The summed E-state index contributed by atoms with van der Waals surface area (Å²) in [7, 11) is 0. The fourth-order valence-corrected chi connectivity index (χ4v) is 6.80. The molecule has 0 aliphatic carbocycles. The number of amides is 1. The first-order valence-corrected chi connectivity index (χ1v) is 16.0. The number of aromatic nitrogens is 1. The van der Waals surface area contributed by atoms with Gasteiger partial charge in [0.2, 0.25) is 0 Å². The van der Waals surface area contributed by atoms with Crippen LogP contribution >= 0.6 is 11.6 Å². The summed E-state index contributed by atoms with van der Waals surface area (Å²) in [6, 6.07) is 9.65. The number of H-pyrrole nitrogens is 1. The summed E-state index contributed by atoms with van der Waals surface area (Å²) in [5, 5.41) is 1.56. The molecule has 2 aromatic carbocycles. The standard InChI is InChI=1S/C34H45ClF2N4O/c1-22(2)9-13-40(14-10-23(3)4)32-17-26(35)15-24-16-31(38-33(24)32)34(42)41-20-25(19-39-11-5-6-12-39)29(21-41)28-8-7-27(36)18-30(28)37/h7-8,15-18,22-23,25,29,38H,5-6,9-14,19-21H2,1-4H3/t25-,29-/m1/s1. The number of nitrogens with zero attached hydrogens (tertiary/aromatic N) is 3. The van der Waals surface area contributed by atoms with E-state index in [1.165, 1.54) is 6.07 Å². The van der Waals surface area contributed by atoms with Crippen molar-refractivity contribution in [3.8, 4) is 0 Å². The van der Waals surface area contributed by atoms with E-state index in [1.807, 2.05) is 23.1 Å². The summed E-state index contributed by atoms with van der Waals surface area (Å²) in [6.45, 7) is 14.6. The molecule has 8 heteroatoms. The number of carbonyl (C=O) groups is 1. The second-order valence-electron chi connectivity index (χ2n) is 13.2. The lowest BCUT2D eigenvalue weighted by Crippen LogP contribution is -2.32. The van der Waals surface area contributed by atoms with E-state index in [1.54, 1.807) is 6.07 Å². The van der Waals surface area contributed by atoms with Crippen molar-refractivity contribution < 1.29 is 13.6 Å². The fraction of sp³-hybridized carbons (Fsp3) is 0.559. The van der Waals surface area contributed by atoms with Gasteiger partial charge in [0.15, 0.2) is 0 Å². The lowest BCUT2D eigenvalue weighted by molar-refractivity contribution is 0.0778. The third-order valence-electron chi connectivity index (χ3n) is 8.98. The molecule has 5 nitrogen and oxygen atoms in total. The molecule has 2 aliphatic heterocycles. The van der Waals surface area contributed by atoms with Crippen molar-refractivity contribution in [2.45, 2.75) is 59.3 Å². The minimum absolute atomic E-state index is 0.0731. The molecule has 3 heterocycles. The number of nitrogens with one attached hydrogen (secondary N) is 1. The number of rotatable bonds is 11. The second-order valence-corrected chi connectivity index (χ2v) is 13.6. The van der Waals surface area contributed by atoms with E-state index in [9.17, 15) is 13.6 Å². The molecule has 1 N–H and O–H groups in total. The van der Waals surface area contributed by atoms with Crippen molar-refractivity contribution in [3.63, 3.8) is 0 Å². The molecule has 2 atom stereocenters. The molecule has 0 unspecified atom stereocenters. The molecule has 1 amide bonds. The summed E-state index contributed by atoms with van der Waals surface area (Å²) in [5.74, 6) is -0.180. The quantitative estimate of drug-likeness (QED) is 0.244. The van der Waals surface area contributed by atoms with Crippen molar-refractivity contribution in [2.24, 2.45) is 17.8 Å². The average molecular weight is 599 g/mol. The van der Waals surface area contributed by atoms with Crippen molar-refractivity contribution in [1.82, 2.24) is 14.8 Å². The molecule has 2 aliphatic rings. The molecule has 0 bridgehead atoms. The Hall–Kier alpha value is -2.64. The number of fused-ring (bicyclic) bond motifs is 1. The maximum atomic E-state index is 15.0. The van der Waals surface area contributed by atoms with Crippen LogP contribution in [0.25, 0.3) is 10.9 Å². The van der Waals surface area contributed by atoms with E-state index in [2.05, 4.69) is 42.5 Å². The highest BCUT2D eigenvalue weighted by atomic mass is 35.5. The van der Waals surface area contributed by atoms with Crippen LogP contribution in [0.15, 0.2) is 36.4 Å². The monoisotopic (exact) mass is 598 g/mol. The predicted molar refractivity (Wildman–Crippen MR) is 169 cm³/mol. The molecule has 1 aromatic heterocycles. The first kappa shape index (κ1) is 30.8. The van der Waals surface area contributed by atoms with Crippen molar-refractivity contribution in [2.75, 3.05) is 50.7 Å². The summed E-state index contributed by atoms with van der Waals surface area (Å²) in [4.78, 5) is 24.1. The molecule has 5 rings (SSSR count). The minimum atomic E-state index is -0.582. The van der Waals surface area contributed by atoms with Crippen molar-refractivity contribution >= 4 is 34.1 Å². The highest BCUT2D eigenvalue weighted by molar-refractivity contribution is 6.32. The summed E-state index contributed by atoms with van der Waals surface area (Å²) in [6.07, 6.45) is 4.45. The van der Waals surface area contributed by atoms with Crippen LogP contribution in [-0.2, 0) is 0 Å². The topological polar surface area (TPSA) is 42.6 Å². The van der Waals surface area contributed by atoms with Gasteiger partial charge < -0.3 is 19.7 Å². The normalized spacial score (nSPS) is 19.6. The Morgan fingerprint density at radius 2 is 1.69 bits per heavy atom. The Morgan fingerprint density at radius 3 is 2.33 bits per heavy atom. The van der Waals surface area contributed by atoms with Crippen LogP contribution in [0, 0.1) is 29.4 Å². The number of halogens is 3. The van der Waals surface area contributed by atoms with Crippen LogP contribution in [0.5, 0.6) is 0 Å². The van der Waals surface area contributed by atoms with Crippen LogP contribution < -0.4 is 4.90 Å². The zero-order chi connectivity index (χ0) is 30.0. The van der Waals surface area contributed by atoms with Gasteiger partial charge in [-0.15, -0.1) is 0 Å². The molecule has 0 saturated carbocycles. The van der Waals surface area contributed by atoms with Gasteiger partial charge in [-0.1, -0.05) is 45.4 Å². The Labute approximate surface area is 254 Å². The highest BCUT2D eigenvalue weighted by Gasteiger charge is 2.39. The van der Waals surface area contributed by atoms with Gasteiger partial charge in [-0.25, -0.2) is 8.78 Å². The van der Waals surface area contributed by atoms with Gasteiger partial charge in [-0.05, 0) is 86.4 Å². The third-order valence-corrected chi connectivity index (χ3v) is 9.20. The number of carbonyl (C=O) groups excluding carboxylic acids is 1. The van der Waals surface area contributed by atoms with Gasteiger partial charge in [-0.3, -0.25) is 4.79 Å². The van der Waals surface area contributed by atoms with E-state index in [4.69, 9.17) is 11.6 Å². The zero-order valence-electron chi connectivity index (χ0n) is 25.4. The van der Waals surface area contributed by atoms with Crippen LogP contribution in [0.4, 0.5) is 14.5 Å². The number of aromatic amines is 1. The highest BCUT2D eigenvalue weighted by Crippen LogP contribution is 2.37. The van der Waals surface area contributed by atoms with Gasteiger partial charge in [0.1, 0.15) is 17.3 Å². The summed E-state index contributed by atoms with van der Waals surface area (Å²) in [5.41, 5.74) is 2.95. The Bertz CT molecular complexity index is 1370. The first-order chi connectivity index (χ1) is 20.1. The second kappa shape index (κ2) is 13.3. The zero-order valence-corrected chi connectivity index (χ0v) is 26.2. The predicted octanol–water partition coefficient (Wildman–Crippen LogP) is 7.95. The van der Waals surface area contributed by atoms with E-state index < -0.39 is 11.6 Å². The molecular formula is C34H45ClF2N4O. The lowest BCUT2D eigenvalue weighted by atomic mass is 9.88. The van der Waals surface area contributed by atoms with Crippen LogP contribution in [-0.4, -0.2) is 66.5 Å². The Balaban J connectivity index is 1.43. The maximum Gasteiger partial charge on any atom is 0.270 e. The molecular weight excluding hydrogens is 554 g/mol. The number of benzene rings is 2. The SMILES string of the molecule is CC(C)CCN(CCC(C)C)c1cc(Cl)cc2cc(C(=O)N3C[C@@H](CN4CCCC4)[C@H](c4ccc(F)cc4F)C3)[nH]c12. The van der Waals surface area contributed by atoms with E-state index >= 15 is 0 Å². The number of anilines is 1. The maximum absolute atomic E-state index is 15.0. The number of hydrogen-bond acceptors (Lipinski definition) is 3. The molecule has 0 radical (unpaired) electrons. The first-order valence-electron chi connectivity index (χ1n) is 15.6. The number of hydrogen-bond donors (Lipinski definition) is 1. The molecule has 2 saturated heterocycles. The van der Waals surface area contributed by atoms with Gasteiger partial charge in [0, 0.05) is 55.1 Å². The van der Waals surface area contributed by atoms with Crippen LogP contribution in [0.2, 0.25) is 5.02 Å². The average Bonchev–Trinajstić information content (AvgIpc) is 3.68. The minimum Gasteiger partial charge on any atom is -0.370 e. The Kier molecular flexibility index (Phi) is 9.78. The molecule has 42 heavy (non-hydrogen) atoms. The summed E-state index contributed by atoms with van der Waals surface area (Å²) >= 11 is 6.62. The van der Waals surface area contributed by atoms with Crippen LogP contribution in [0.1, 0.15) is 75.3 Å². The van der Waals surface area contributed by atoms with Crippen LogP contribution in [0.3, 0.4) is 0 Å². The lowest BCUT2D eigenvalue weighted by Gasteiger charge is -2.27. The fourth-order valence-electron chi connectivity index (χ4n) is 6.58. The van der Waals surface area contributed by atoms with Crippen molar-refractivity contribution in [1.29, 1.82) is 0 Å². The van der Waals surface area contributed by atoms with E-state index in [0.717, 1.165) is 81.1 Å². The third kappa shape index (κ3) is 7.11. The van der Waals surface area contributed by atoms with Gasteiger partial charge in [-0.2, -0.15) is 0 Å². The van der Waals surface area contributed by atoms with Gasteiger partial charge >= 0.3 is 0 Å². The molecule has 2 fully saturated rings.